The second-order valence-corrected chi connectivity index (χ2v) is 3.07. The first-order chi connectivity index (χ1) is 5.77. The van der Waals surface area contributed by atoms with Crippen LogP contribution in [-0.2, 0) is 6.54 Å². The van der Waals surface area contributed by atoms with Crippen molar-refractivity contribution in [3.8, 4) is 0 Å². The maximum atomic E-state index is 10.8. The van der Waals surface area contributed by atoms with Crippen LogP contribution in [0.25, 0.3) is 0 Å². The van der Waals surface area contributed by atoms with Crippen LogP contribution in [0.15, 0.2) is 6.33 Å². The van der Waals surface area contributed by atoms with Crippen molar-refractivity contribution < 1.29 is 4.79 Å². The van der Waals surface area contributed by atoms with E-state index in [2.05, 4.69) is 10.1 Å². The molecule has 0 radical (unpaired) electrons. The Hall–Kier alpha value is -1.39. The molecule has 1 aliphatic carbocycles. The molecule has 5 heteroatoms. The van der Waals surface area contributed by atoms with Crippen LogP contribution in [0.4, 0.5) is 0 Å². The number of nitrogens with two attached hydrogens (primary N) is 1. The third kappa shape index (κ3) is 1.30. The average Bonchev–Trinajstić information content (AvgIpc) is 2.66. The Morgan fingerprint density at radius 2 is 2.50 bits per heavy atom. The third-order valence-corrected chi connectivity index (χ3v) is 1.96. The van der Waals surface area contributed by atoms with Crippen molar-refractivity contribution in [1.29, 1.82) is 0 Å². The van der Waals surface area contributed by atoms with Gasteiger partial charge in [-0.05, 0) is 18.8 Å². The highest BCUT2D eigenvalue weighted by Crippen LogP contribution is 2.30. The number of nitrogens with zero attached hydrogens (tertiary/aromatic N) is 3. The number of carbonyl (C=O) groups is 1. The smallest absolute Gasteiger partial charge is 0.286 e. The van der Waals surface area contributed by atoms with Crippen LogP contribution in [0, 0.1) is 5.92 Å². The highest BCUT2D eigenvalue weighted by Gasteiger charge is 2.24. The molecular weight excluding hydrogens is 156 g/mol. The van der Waals surface area contributed by atoms with Crippen molar-refractivity contribution in [1.82, 2.24) is 14.8 Å². The van der Waals surface area contributed by atoms with Gasteiger partial charge in [-0.1, -0.05) is 0 Å². The molecule has 2 N–H and O–H groups in total. The summed E-state index contributed by atoms with van der Waals surface area (Å²) in [6.45, 7) is 0.776. The van der Waals surface area contributed by atoms with E-state index in [1.54, 1.807) is 4.68 Å². The highest BCUT2D eigenvalue weighted by molar-refractivity contribution is 5.88. The van der Waals surface area contributed by atoms with E-state index >= 15 is 0 Å². The zero-order valence-electron chi connectivity index (χ0n) is 6.60. The summed E-state index contributed by atoms with van der Waals surface area (Å²) >= 11 is 0. The Bertz CT molecular complexity index is 302. The summed E-state index contributed by atoms with van der Waals surface area (Å²) in [5.74, 6) is 0.430. The summed E-state index contributed by atoms with van der Waals surface area (Å²) in [5.41, 5.74) is 5.09. The molecule has 1 heterocycles. The fourth-order valence-electron chi connectivity index (χ4n) is 1.13. The van der Waals surface area contributed by atoms with Gasteiger partial charge >= 0.3 is 0 Å². The van der Waals surface area contributed by atoms with E-state index < -0.39 is 5.91 Å². The number of carbonyl (C=O) groups excluding carboxylic acids is 1. The van der Waals surface area contributed by atoms with Crippen LogP contribution in [0.5, 0.6) is 0 Å². The van der Waals surface area contributed by atoms with E-state index in [4.69, 9.17) is 5.73 Å². The number of hydrogen-bond acceptors (Lipinski definition) is 3. The van der Waals surface area contributed by atoms with Crippen LogP contribution >= 0.6 is 0 Å². The Labute approximate surface area is 69.6 Å². The monoisotopic (exact) mass is 166 g/mol. The van der Waals surface area contributed by atoms with E-state index in [1.807, 2.05) is 0 Å². The van der Waals surface area contributed by atoms with E-state index in [9.17, 15) is 4.79 Å². The molecule has 2 rings (SSSR count). The molecule has 0 aromatic carbocycles. The lowest BCUT2D eigenvalue weighted by Crippen LogP contribution is -2.19. The molecule has 1 aliphatic rings. The number of amides is 1. The molecule has 5 nitrogen and oxygen atoms in total. The van der Waals surface area contributed by atoms with Gasteiger partial charge in [0.15, 0.2) is 0 Å². The van der Waals surface area contributed by atoms with Gasteiger partial charge in [-0.25, -0.2) is 9.67 Å². The van der Waals surface area contributed by atoms with Crippen molar-refractivity contribution in [2.45, 2.75) is 19.4 Å². The molecular formula is C7H10N4O. The summed E-state index contributed by atoms with van der Waals surface area (Å²) < 4.78 is 1.58. The largest absolute Gasteiger partial charge is 0.363 e. The molecule has 0 saturated heterocycles. The minimum absolute atomic E-state index is 0.266. The molecule has 0 aliphatic heterocycles. The Kier molecular flexibility index (Phi) is 1.56. The minimum atomic E-state index is -0.506. The van der Waals surface area contributed by atoms with Crippen LogP contribution in [0.2, 0.25) is 0 Å². The van der Waals surface area contributed by atoms with Gasteiger partial charge in [0.2, 0.25) is 5.82 Å². The van der Waals surface area contributed by atoms with Crippen LogP contribution in [-0.4, -0.2) is 20.7 Å². The van der Waals surface area contributed by atoms with E-state index in [0.717, 1.165) is 6.54 Å². The topological polar surface area (TPSA) is 73.8 Å². The summed E-state index contributed by atoms with van der Waals surface area (Å²) in [4.78, 5) is 14.6. The second kappa shape index (κ2) is 2.58. The number of aromatic nitrogens is 3. The summed E-state index contributed by atoms with van der Waals surface area (Å²) in [6.07, 6.45) is 3.80. The van der Waals surface area contributed by atoms with Gasteiger partial charge in [0, 0.05) is 6.54 Å². The first kappa shape index (κ1) is 7.27. The average molecular weight is 166 g/mol. The lowest BCUT2D eigenvalue weighted by molar-refractivity contribution is 0.0984. The van der Waals surface area contributed by atoms with Gasteiger partial charge in [0.1, 0.15) is 6.33 Å². The quantitative estimate of drug-likeness (QED) is 0.675. The molecule has 1 aromatic rings. The van der Waals surface area contributed by atoms with Gasteiger partial charge in [-0.2, -0.15) is 5.10 Å². The van der Waals surface area contributed by atoms with Gasteiger partial charge in [-0.15, -0.1) is 0 Å². The van der Waals surface area contributed by atoms with Gasteiger partial charge < -0.3 is 5.73 Å². The maximum Gasteiger partial charge on any atom is 0.286 e. The molecule has 12 heavy (non-hydrogen) atoms. The minimum Gasteiger partial charge on any atom is -0.363 e. The molecule has 1 aromatic heterocycles. The normalized spacial score (nSPS) is 16.3. The van der Waals surface area contributed by atoms with E-state index in [1.165, 1.54) is 19.2 Å². The zero-order chi connectivity index (χ0) is 8.55. The lowest BCUT2D eigenvalue weighted by atomic mass is 10.4. The molecule has 0 unspecified atom stereocenters. The summed E-state index contributed by atoms with van der Waals surface area (Å²) in [7, 11) is 0. The van der Waals surface area contributed by atoms with Crippen LogP contribution in [0.1, 0.15) is 23.5 Å². The number of rotatable bonds is 3. The van der Waals surface area contributed by atoms with Crippen molar-refractivity contribution in [2.24, 2.45) is 11.7 Å². The fraction of sp³-hybridized carbons (Fsp3) is 0.571. The summed E-state index contributed by atoms with van der Waals surface area (Å²) in [6, 6.07) is 0. The molecule has 1 amide bonds. The van der Waals surface area contributed by atoms with Crippen molar-refractivity contribution in [2.75, 3.05) is 0 Å². The highest BCUT2D eigenvalue weighted by atomic mass is 16.1. The number of primary amides is 1. The Morgan fingerprint density at radius 1 is 1.75 bits per heavy atom. The standard InChI is InChI=1S/C7H10N4O/c8-6(12)7-9-4-10-11(7)3-5-1-2-5/h4-5H,1-3H2,(H2,8,12). The van der Waals surface area contributed by atoms with Crippen molar-refractivity contribution >= 4 is 5.91 Å². The fourth-order valence-corrected chi connectivity index (χ4v) is 1.13. The van der Waals surface area contributed by atoms with E-state index in [0.29, 0.717) is 5.92 Å². The molecule has 1 fully saturated rings. The molecule has 0 spiro atoms. The van der Waals surface area contributed by atoms with Gasteiger partial charge in [-0.3, -0.25) is 4.79 Å². The molecule has 64 valence electrons. The predicted molar refractivity (Wildman–Crippen MR) is 41.3 cm³/mol. The maximum absolute atomic E-state index is 10.8. The van der Waals surface area contributed by atoms with Gasteiger partial charge in [0.05, 0.1) is 0 Å². The Morgan fingerprint density at radius 3 is 3.08 bits per heavy atom. The predicted octanol–water partition coefficient (Wildman–Crippen LogP) is -0.213. The molecule has 1 saturated carbocycles. The first-order valence-electron chi connectivity index (χ1n) is 3.95. The zero-order valence-corrected chi connectivity index (χ0v) is 6.60. The van der Waals surface area contributed by atoms with Gasteiger partial charge in [0.25, 0.3) is 5.91 Å². The SMILES string of the molecule is NC(=O)c1ncnn1CC1CC1. The third-order valence-electron chi connectivity index (χ3n) is 1.96. The molecule has 0 atom stereocenters. The van der Waals surface area contributed by atoms with Crippen LogP contribution < -0.4 is 5.73 Å². The van der Waals surface area contributed by atoms with E-state index in [-0.39, 0.29) is 5.82 Å². The number of hydrogen-bond donors (Lipinski definition) is 1. The lowest BCUT2D eigenvalue weighted by Gasteiger charge is -1.99. The summed E-state index contributed by atoms with van der Waals surface area (Å²) in [5, 5.41) is 3.92. The second-order valence-electron chi connectivity index (χ2n) is 3.07. The Balaban J connectivity index is 2.17. The van der Waals surface area contributed by atoms with Crippen molar-refractivity contribution in [3.05, 3.63) is 12.2 Å². The van der Waals surface area contributed by atoms with Crippen LogP contribution in [0.3, 0.4) is 0 Å². The first-order valence-corrected chi connectivity index (χ1v) is 3.95. The molecule has 0 bridgehead atoms. The van der Waals surface area contributed by atoms with Crippen molar-refractivity contribution in [3.63, 3.8) is 0 Å².